The zero-order valence-corrected chi connectivity index (χ0v) is 16.5. The molecule has 0 aromatic heterocycles. The normalized spacial score (nSPS) is 21.7. The van der Waals surface area contributed by atoms with Crippen LogP contribution in [-0.4, -0.2) is 31.7 Å². The summed E-state index contributed by atoms with van der Waals surface area (Å²) in [7, 11) is 0. The number of carbonyl (C=O) groups excluding carboxylic acids is 1. The summed E-state index contributed by atoms with van der Waals surface area (Å²) in [4.78, 5) is 12.6. The van der Waals surface area contributed by atoms with Crippen LogP contribution >= 0.6 is 0 Å². The van der Waals surface area contributed by atoms with Gasteiger partial charge in [0.2, 0.25) is 5.91 Å². The van der Waals surface area contributed by atoms with Crippen LogP contribution in [0.5, 0.6) is 0 Å². The van der Waals surface area contributed by atoms with Crippen molar-refractivity contribution in [3.63, 3.8) is 0 Å². The van der Waals surface area contributed by atoms with Gasteiger partial charge >= 0.3 is 0 Å². The van der Waals surface area contributed by atoms with Crippen LogP contribution in [0, 0.1) is 5.92 Å². The van der Waals surface area contributed by atoms with Crippen molar-refractivity contribution < 1.29 is 9.53 Å². The standard InChI is InChI=1S/C22H34N2O2/c1-21(2,3)17-5-7-18(8-6-17)22(11-4-12-22)15-24-20(25)19(23)16-9-13-26-14-10-16/h5-8,16,19H,4,9-15,23H2,1-3H3,(H,24,25). The van der Waals surface area contributed by atoms with E-state index in [1.807, 2.05) is 0 Å². The molecular weight excluding hydrogens is 324 g/mol. The fraction of sp³-hybridized carbons (Fsp3) is 0.682. The Labute approximate surface area is 157 Å². The van der Waals surface area contributed by atoms with Crippen molar-refractivity contribution in [3.05, 3.63) is 35.4 Å². The minimum atomic E-state index is -0.417. The van der Waals surface area contributed by atoms with Crippen LogP contribution < -0.4 is 11.1 Å². The average molecular weight is 359 g/mol. The predicted molar refractivity (Wildman–Crippen MR) is 105 cm³/mol. The van der Waals surface area contributed by atoms with Crippen LogP contribution in [0.4, 0.5) is 0 Å². The van der Waals surface area contributed by atoms with Gasteiger partial charge in [0, 0.05) is 25.2 Å². The molecule has 1 aliphatic carbocycles. The molecule has 0 radical (unpaired) electrons. The first kappa shape index (κ1) is 19.4. The number of nitrogens with one attached hydrogen (secondary N) is 1. The average Bonchev–Trinajstić information content (AvgIpc) is 2.60. The molecule has 1 aromatic carbocycles. The summed E-state index contributed by atoms with van der Waals surface area (Å²) in [5, 5.41) is 3.16. The largest absolute Gasteiger partial charge is 0.381 e. The van der Waals surface area contributed by atoms with Crippen LogP contribution in [0.25, 0.3) is 0 Å². The Morgan fingerprint density at radius 3 is 2.35 bits per heavy atom. The lowest BCUT2D eigenvalue weighted by Gasteiger charge is -2.43. The zero-order chi connectivity index (χ0) is 18.8. The molecule has 2 fully saturated rings. The topological polar surface area (TPSA) is 64.4 Å². The summed E-state index contributed by atoms with van der Waals surface area (Å²) >= 11 is 0. The van der Waals surface area contributed by atoms with Gasteiger partial charge in [-0.15, -0.1) is 0 Å². The highest BCUT2D eigenvalue weighted by Crippen LogP contribution is 2.43. The van der Waals surface area contributed by atoms with Gasteiger partial charge in [-0.25, -0.2) is 0 Å². The molecule has 1 aliphatic heterocycles. The molecule has 2 aliphatic rings. The molecule has 26 heavy (non-hydrogen) atoms. The summed E-state index contributed by atoms with van der Waals surface area (Å²) in [6.45, 7) is 8.83. The maximum atomic E-state index is 12.6. The summed E-state index contributed by atoms with van der Waals surface area (Å²) in [6.07, 6.45) is 5.26. The van der Waals surface area contributed by atoms with E-state index in [0.717, 1.165) is 38.9 Å². The van der Waals surface area contributed by atoms with E-state index in [1.54, 1.807) is 0 Å². The number of hydrogen-bond acceptors (Lipinski definition) is 3. The molecule has 144 valence electrons. The Morgan fingerprint density at radius 1 is 1.23 bits per heavy atom. The lowest BCUT2D eigenvalue weighted by molar-refractivity contribution is -0.124. The van der Waals surface area contributed by atoms with Crippen molar-refractivity contribution in [1.29, 1.82) is 0 Å². The monoisotopic (exact) mass is 358 g/mol. The molecule has 1 saturated carbocycles. The lowest BCUT2D eigenvalue weighted by atomic mass is 9.64. The second-order valence-electron chi connectivity index (χ2n) is 9.15. The number of amides is 1. The summed E-state index contributed by atoms with van der Waals surface area (Å²) in [5.74, 6) is 0.238. The van der Waals surface area contributed by atoms with Crippen LogP contribution in [-0.2, 0) is 20.4 Å². The van der Waals surface area contributed by atoms with E-state index in [-0.39, 0.29) is 22.7 Å². The molecular formula is C22H34N2O2. The molecule has 1 saturated heterocycles. The second-order valence-corrected chi connectivity index (χ2v) is 9.15. The summed E-state index contributed by atoms with van der Waals surface area (Å²) in [6, 6.07) is 8.57. The second kappa shape index (κ2) is 7.69. The minimum Gasteiger partial charge on any atom is -0.381 e. The SMILES string of the molecule is CC(C)(C)c1ccc(C2(CNC(=O)C(N)C3CCOCC3)CCC2)cc1. The van der Waals surface area contributed by atoms with Crippen molar-refractivity contribution >= 4 is 5.91 Å². The lowest BCUT2D eigenvalue weighted by Crippen LogP contribution is -2.52. The highest BCUT2D eigenvalue weighted by molar-refractivity contribution is 5.82. The van der Waals surface area contributed by atoms with Crippen molar-refractivity contribution in [3.8, 4) is 0 Å². The third-order valence-corrected chi connectivity index (χ3v) is 6.35. The molecule has 1 heterocycles. The smallest absolute Gasteiger partial charge is 0.237 e. The maximum Gasteiger partial charge on any atom is 0.237 e. The maximum absolute atomic E-state index is 12.6. The van der Waals surface area contributed by atoms with E-state index in [4.69, 9.17) is 10.5 Å². The molecule has 0 bridgehead atoms. The van der Waals surface area contributed by atoms with Crippen molar-refractivity contribution in [2.75, 3.05) is 19.8 Å². The third kappa shape index (κ3) is 4.12. The number of nitrogens with two attached hydrogens (primary N) is 1. The molecule has 3 N–H and O–H groups in total. The van der Waals surface area contributed by atoms with Gasteiger partial charge in [-0.05, 0) is 48.1 Å². The Morgan fingerprint density at radius 2 is 1.85 bits per heavy atom. The van der Waals surface area contributed by atoms with Crippen molar-refractivity contribution in [2.45, 2.75) is 69.7 Å². The van der Waals surface area contributed by atoms with Crippen molar-refractivity contribution in [1.82, 2.24) is 5.32 Å². The van der Waals surface area contributed by atoms with Gasteiger partial charge in [-0.1, -0.05) is 51.5 Å². The van der Waals surface area contributed by atoms with Crippen LogP contribution in [0.2, 0.25) is 0 Å². The minimum absolute atomic E-state index is 0.00510. The van der Waals surface area contributed by atoms with Gasteiger partial charge in [-0.2, -0.15) is 0 Å². The van der Waals surface area contributed by atoms with Gasteiger partial charge < -0.3 is 15.8 Å². The predicted octanol–water partition coefficient (Wildman–Crippen LogP) is 3.28. The quantitative estimate of drug-likeness (QED) is 0.849. The van der Waals surface area contributed by atoms with Crippen LogP contribution in [0.15, 0.2) is 24.3 Å². The molecule has 1 atom stereocenters. The van der Waals surface area contributed by atoms with Gasteiger partial charge in [0.25, 0.3) is 0 Å². The fourth-order valence-corrected chi connectivity index (χ4v) is 4.16. The Balaban J connectivity index is 1.62. The molecule has 4 nitrogen and oxygen atoms in total. The molecule has 0 spiro atoms. The van der Waals surface area contributed by atoms with E-state index in [2.05, 4.69) is 50.4 Å². The first-order valence-corrected chi connectivity index (χ1v) is 10.0. The van der Waals surface area contributed by atoms with Gasteiger partial charge in [0.1, 0.15) is 0 Å². The molecule has 3 rings (SSSR count). The number of carbonyl (C=O) groups is 1. The Kier molecular flexibility index (Phi) is 5.73. The summed E-state index contributed by atoms with van der Waals surface area (Å²) < 4.78 is 5.37. The highest BCUT2D eigenvalue weighted by atomic mass is 16.5. The van der Waals surface area contributed by atoms with E-state index in [0.29, 0.717) is 6.54 Å². The van der Waals surface area contributed by atoms with E-state index >= 15 is 0 Å². The van der Waals surface area contributed by atoms with Gasteiger partial charge in [0.15, 0.2) is 0 Å². The summed E-state index contributed by atoms with van der Waals surface area (Å²) in [5.41, 5.74) is 9.16. The fourth-order valence-electron chi connectivity index (χ4n) is 4.16. The highest BCUT2D eigenvalue weighted by Gasteiger charge is 2.39. The molecule has 1 unspecified atom stereocenters. The van der Waals surface area contributed by atoms with E-state index < -0.39 is 6.04 Å². The third-order valence-electron chi connectivity index (χ3n) is 6.35. The number of benzene rings is 1. The van der Waals surface area contributed by atoms with Crippen LogP contribution in [0.1, 0.15) is 64.0 Å². The Bertz CT molecular complexity index is 608. The molecule has 4 heteroatoms. The van der Waals surface area contributed by atoms with Gasteiger partial charge in [-0.3, -0.25) is 4.79 Å². The van der Waals surface area contributed by atoms with Gasteiger partial charge in [0.05, 0.1) is 6.04 Å². The zero-order valence-electron chi connectivity index (χ0n) is 16.5. The first-order valence-electron chi connectivity index (χ1n) is 10.0. The van der Waals surface area contributed by atoms with E-state index in [9.17, 15) is 4.79 Å². The first-order chi connectivity index (χ1) is 12.3. The van der Waals surface area contributed by atoms with E-state index in [1.165, 1.54) is 17.5 Å². The number of hydrogen-bond donors (Lipinski definition) is 2. The number of rotatable bonds is 5. The van der Waals surface area contributed by atoms with Crippen molar-refractivity contribution in [2.24, 2.45) is 11.7 Å². The number of ether oxygens (including phenoxy) is 1. The van der Waals surface area contributed by atoms with Crippen LogP contribution in [0.3, 0.4) is 0 Å². The Hall–Kier alpha value is -1.39. The molecule has 1 amide bonds. The molecule has 1 aromatic rings.